The van der Waals surface area contributed by atoms with E-state index >= 15 is 0 Å². The molecule has 16 heteroatoms. The van der Waals surface area contributed by atoms with Crippen molar-refractivity contribution < 1.29 is 81.5 Å². The first-order valence-corrected chi connectivity index (χ1v) is 6.05. The van der Waals surface area contributed by atoms with E-state index in [0.717, 1.165) is 0 Å². The molecule has 0 fully saturated rings. The number of hydrogen-bond acceptors (Lipinski definition) is 11. The van der Waals surface area contributed by atoms with Gasteiger partial charge in [0.15, 0.2) is 0 Å². The second-order valence-corrected chi connectivity index (χ2v) is 3.59. The summed E-state index contributed by atoms with van der Waals surface area (Å²) < 4.78 is 68.8. The van der Waals surface area contributed by atoms with Crippen LogP contribution in [0.15, 0.2) is 0 Å². The Morgan fingerprint density at radius 1 is 0.750 bits per heavy atom. The van der Waals surface area contributed by atoms with Crippen LogP contribution in [0.3, 0.4) is 0 Å². The molecule has 0 aromatic heterocycles. The second-order valence-electron chi connectivity index (χ2n) is 1.04. The van der Waals surface area contributed by atoms with Gasteiger partial charge in [0.2, 0.25) is 0 Å². The van der Waals surface area contributed by atoms with E-state index in [2.05, 4.69) is 0 Å². The zero-order valence-corrected chi connectivity index (χ0v) is 9.99. The van der Waals surface area contributed by atoms with Crippen LogP contribution < -0.4 is 16.6 Å². The molecule has 12 nitrogen and oxygen atoms in total. The summed E-state index contributed by atoms with van der Waals surface area (Å²) in [5.74, 6) is 0. The van der Waals surface area contributed by atoms with Gasteiger partial charge >= 0.3 is 88.6 Å². The molecule has 0 rings (SSSR count). The summed E-state index contributed by atoms with van der Waals surface area (Å²) in [5.41, 5.74) is 0. The first-order valence-electron chi connectivity index (χ1n) is 1.88. The molecule has 0 aromatic carbocycles. The van der Waals surface area contributed by atoms with Crippen molar-refractivity contribution in [1.82, 2.24) is 0 Å². The van der Waals surface area contributed by atoms with Crippen molar-refractivity contribution in [3.05, 3.63) is 15.3 Å². The Labute approximate surface area is 125 Å². The van der Waals surface area contributed by atoms with Crippen LogP contribution in [0.4, 0.5) is 0 Å². The van der Waals surface area contributed by atoms with Gasteiger partial charge in [0.1, 0.15) is 0 Å². The van der Waals surface area contributed by atoms with Crippen LogP contribution in [-0.2, 0) is 59.8 Å². The van der Waals surface area contributed by atoms with E-state index in [1.807, 2.05) is 0 Å². The molecule has 16 heavy (non-hydrogen) atoms. The first kappa shape index (κ1) is 30.1. The van der Waals surface area contributed by atoms with E-state index in [9.17, 15) is 0 Å². The molecular weight excluding hydrogens is 369 g/mol. The molecule has 0 atom stereocenters. The molecule has 96 valence electrons. The van der Waals surface area contributed by atoms with Gasteiger partial charge in [0.05, 0.1) is 5.09 Å². The molecule has 0 bridgehead atoms. The first-order chi connectivity index (χ1) is 5.73. The van der Waals surface area contributed by atoms with Crippen LogP contribution in [0.1, 0.15) is 0 Å². The van der Waals surface area contributed by atoms with Gasteiger partial charge in [-0.1, -0.05) is 0 Å². The fraction of sp³-hybridized carbons (Fsp3) is 0. The van der Waals surface area contributed by atoms with Gasteiger partial charge in [0.25, 0.3) is 0 Å². The summed E-state index contributed by atoms with van der Waals surface area (Å²) in [4.78, 5) is 8.25. The molecule has 0 unspecified atom stereocenters. The molecule has 0 saturated carbocycles. The Kier molecular flexibility index (Phi) is 26.2. The quantitative estimate of drug-likeness (QED) is 0.221. The van der Waals surface area contributed by atoms with E-state index in [4.69, 9.17) is 47.2 Å². The Morgan fingerprint density at radius 2 is 0.750 bits per heavy atom. The van der Waals surface area contributed by atoms with Gasteiger partial charge in [-0.05, 0) is 0 Å². The van der Waals surface area contributed by atoms with Crippen molar-refractivity contribution in [3.8, 4) is 0 Å². The third-order valence-corrected chi connectivity index (χ3v) is 0. The van der Waals surface area contributed by atoms with Crippen molar-refractivity contribution >= 4 is 29.6 Å². The SMILES string of the molecule is O=[N+]([O-])[O-].[Cr].[NaH].[O]=[Cr](=[O])([O-])[O-].[O]=[Cr](=[O])([O-])[O-]. The Balaban J connectivity index is -0.0000000358. The molecule has 0 aliphatic heterocycles. The van der Waals surface area contributed by atoms with Gasteiger partial charge in [-0.3, -0.25) is 0 Å². The van der Waals surface area contributed by atoms with Gasteiger partial charge < -0.3 is 15.3 Å². The van der Waals surface area contributed by atoms with Crippen molar-refractivity contribution in [3.63, 3.8) is 0 Å². The van der Waals surface area contributed by atoms with Crippen molar-refractivity contribution in [2.24, 2.45) is 0 Å². The minimum atomic E-state index is -5.75. The molecule has 0 N–H and O–H groups in total. The summed E-state index contributed by atoms with van der Waals surface area (Å²) in [5, 5.41) is 14.8. The van der Waals surface area contributed by atoms with Crippen LogP contribution in [0, 0.1) is 15.3 Å². The molecule has 0 aromatic rings. The zero-order valence-electron chi connectivity index (χ0n) is 6.16. The predicted molar refractivity (Wildman–Crippen MR) is 20.3 cm³/mol. The molecule has 0 aliphatic carbocycles. The fourth-order valence-corrected chi connectivity index (χ4v) is 0. The van der Waals surface area contributed by atoms with Gasteiger partial charge in [-0.2, -0.15) is 0 Å². The Morgan fingerprint density at radius 3 is 0.750 bits per heavy atom. The zero-order chi connectivity index (χ0) is 12.6. The molecule has 0 heterocycles. The molecule has 0 spiro atoms. The monoisotopic (exact) mass is 370 g/mol. The summed E-state index contributed by atoms with van der Waals surface area (Å²) in [6.45, 7) is 0. The third kappa shape index (κ3) is 4050. The normalized spacial score (nSPS) is 8.75. The Hall–Kier alpha value is 0.837. The molecule has 0 radical (unpaired) electrons. The minimum absolute atomic E-state index is 0. The summed E-state index contributed by atoms with van der Waals surface area (Å²) in [6, 6.07) is 0. The van der Waals surface area contributed by atoms with Crippen molar-refractivity contribution in [2.45, 2.75) is 0 Å². The van der Waals surface area contributed by atoms with Crippen molar-refractivity contribution in [1.29, 1.82) is 0 Å². The van der Waals surface area contributed by atoms with Gasteiger partial charge in [-0.25, -0.2) is 0 Å². The third-order valence-electron chi connectivity index (χ3n) is 0. The van der Waals surface area contributed by atoms with Crippen LogP contribution in [0.2, 0.25) is 0 Å². The van der Waals surface area contributed by atoms with Crippen LogP contribution in [0.25, 0.3) is 0 Å². The molecular formula is HCr3NNaO11-5. The van der Waals surface area contributed by atoms with E-state index < -0.39 is 32.3 Å². The summed E-state index contributed by atoms with van der Waals surface area (Å²) >= 11 is -11.5. The average molecular weight is 370 g/mol. The summed E-state index contributed by atoms with van der Waals surface area (Å²) in [7, 11) is 0. The van der Waals surface area contributed by atoms with E-state index in [1.54, 1.807) is 0 Å². The number of nitrogens with zero attached hydrogens (tertiary/aromatic N) is 1. The molecule has 0 aliphatic rings. The summed E-state index contributed by atoms with van der Waals surface area (Å²) in [6.07, 6.45) is 0. The van der Waals surface area contributed by atoms with Crippen LogP contribution in [0.5, 0.6) is 0 Å². The van der Waals surface area contributed by atoms with Gasteiger partial charge in [-0.15, -0.1) is 0 Å². The van der Waals surface area contributed by atoms with Crippen LogP contribution in [-0.4, -0.2) is 34.6 Å². The van der Waals surface area contributed by atoms with Crippen molar-refractivity contribution in [2.75, 3.05) is 0 Å². The van der Waals surface area contributed by atoms with E-state index in [1.165, 1.54) is 0 Å². The van der Waals surface area contributed by atoms with E-state index in [0.29, 0.717) is 0 Å². The standard InChI is InChI=1S/3Cr.NO3.Na.8O.H/c;;;2-1(3)4;;;;;;;;;;/q;;;-1;;;;;;4*-1;. The Bertz CT molecular complexity index is 287. The average Bonchev–Trinajstić information content (AvgIpc) is 1.45. The van der Waals surface area contributed by atoms with E-state index in [-0.39, 0.29) is 46.9 Å². The predicted octanol–water partition coefficient (Wildman–Crippen LogP) is -6.13. The maximum absolute atomic E-state index is 8.59. The molecule has 0 saturated heterocycles. The van der Waals surface area contributed by atoms with Gasteiger partial charge in [0, 0.05) is 17.4 Å². The molecule has 0 amide bonds. The number of hydrogen-bond donors (Lipinski definition) is 0. The topological polar surface area (TPSA) is 227 Å². The second kappa shape index (κ2) is 13.9. The maximum atomic E-state index is 8.59. The van der Waals surface area contributed by atoms with Crippen LogP contribution >= 0.6 is 0 Å². The fourth-order valence-electron chi connectivity index (χ4n) is 0. The number of rotatable bonds is 0.